The van der Waals surface area contributed by atoms with Gasteiger partial charge in [0.2, 0.25) is 0 Å². The zero-order valence-electron chi connectivity index (χ0n) is 26.1. The number of anilines is 3. The highest BCUT2D eigenvalue weighted by Gasteiger charge is 2.16. The van der Waals surface area contributed by atoms with Crippen LogP contribution in [0.2, 0.25) is 0 Å². The minimum atomic E-state index is 0.919. The predicted molar refractivity (Wildman–Crippen MR) is 204 cm³/mol. The van der Waals surface area contributed by atoms with E-state index in [0.717, 1.165) is 39.0 Å². The lowest BCUT2D eigenvalue weighted by Crippen LogP contribution is -2.09. The number of nitrogens with zero attached hydrogens (tertiary/aromatic N) is 1. The van der Waals surface area contributed by atoms with Crippen LogP contribution in [-0.2, 0) is 0 Å². The topological polar surface area (TPSA) is 16.4 Å². The van der Waals surface area contributed by atoms with E-state index in [2.05, 4.69) is 169 Å². The van der Waals surface area contributed by atoms with Gasteiger partial charge in [-0.25, -0.2) is 0 Å². The van der Waals surface area contributed by atoms with Crippen LogP contribution in [0.5, 0.6) is 0 Å². The first-order valence-corrected chi connectivity index (χ1v) is 16.4. The number of furan rings is 1. The predicted octanol–water partition coefficient (Wildman–Crippen LogP) is 13.3. The second kappa shape index (κ2) is 10.6. The number of para-hydroxylation sites is 2. The maximum atomic E-state index is 6.23. The normalized spacial score (nSPS) is 11.8. The van der Waals surface area contributed by atoms with Crippen LogP contribution in [0, 0.1) is 0 Å². The molecule has 2 heteroatoms. The molecule has 0 atom stereocenters. The molecular weight excluding hydrogens is 583 g/mol. The van der Waals surface area contributed by atoms with Gasteiger partial charge < -0.3 is 9.32 Å². The summed E-state index contributed by atoms with van der Waals surface area (Å²) in [5.41, 5.74) is 7.56. The van der Waals surface area contributed by atoms with Crippen molar-refractivity contribution in [2.45, 2.75) is 0 Å². The molecule has 10 rings (SSSR count). The van der Waals surface area contributed by atoms with Crippen molar-refractivity contribution < 1.29 is 4.42 Å². The van der Waals surface area contributed by atoms with E-state index in [-0.39, 0.29) is 0 Å². The second-order valence-electron chi connectivity index (χ2n) is 12.6. The molecule has 2 nitrogen and oxygen atoms in total. The number of fused-ring (bicyclic) bond motifs is 9. The second-order valence-corrected chi connectivity index (χ2v) is 12.6. The Labute approximate surface area is 277 Å². The summed E-state index contributed by atoms with van der Waals surface area (Å²) in [5.74, 6) is 0. The minimum absolute atomic E-state index is 0.919. The fourth-order valence-corrected chi connectivity index (χ4v) is 7.43. The molecule has 0 aliphatic carbocycles. The molecular formula is C46H29NO. The lowest BCUT2D eigenvalue weighted by molar-refractivity contribution is 0.669. The molecule has 224 valence electrons. The summed E-state index contributed by atoms with van der Waals surface area (Å²) < 4.78 is 6.23. The minimum Gasteiger partial charge on any atom is -0.456 e. The van der Waals surface area contributed by atoms with Gasteiger partial charge in [0.25, 0.3) is 0 Å². The summed E-state index contributed by atoms with van der Waals surface area (Å²) in [6.07, 6.45) is 0. The summed E-state index contributed by atoms with van der Waals surface area (Å²) in [5, 5.41) is 12.2. The SMILES string of the molecule is c1ccc(N(c2cccc(-c3ccc4ccc5ccccc5c4c3)c2)c2ccc3ccc4cc5oc6ccccc6c5cc4c3c2)cc1. The molecule has 9 aromatic carbocycles. The zero-order valence-corrected chi connectivity index (χ0v) is 26.1. The maximum Gasteiger partial charge on any atom is 0.136 e. The Bertz CT molecular complexity index is 2850. The Kier molecular flexibility index (Phi) is 5.91. The Morgan fingerprint density at radius 3 is 1.77 bits per heavy atom. The third-order valence-electron chi connectivity index (χ3n) is 9.78. The van der Waals surface area contributed by atoms with Crippen LogP contribution in [-0.4, -0.2) is 0 Å². The zero-order chi connectivity index (χ0) is 31.6. The van der Waals surface area contributed by atoms with Gasteiger partial charge in [-0.15, -0.1) is 0 Å². The van der Waals surface area contributed by atoms with Gasteiger partial charge >= 0.3 is 0 Å². The van der Waals surface area contributed by atoms with Crippen LogP contribution in [0.4, 0.5) is 17.1 Å². The monoisotopic (exact) mass is 611 g/mol. The molecule has 0 radical (unpaired) electrons. The van der Waals surface area contributed by atoms with E-state index in [1.165, 1.54) is 54.2 Å². The molecule has 0 unspecified atom stereocenters. The number of hydrogen-bond donors (Lipinski definition) is 0. The van der Waals surface area contributed by atoms with Crippen molar-refractivity contribution in [3.8, 4) is 11.1 Å². The molecule has 1 aromatic heterocycles. The van der Waals surface area contributed by atoms with Gasteiger partial charge in [-0.2, -0.15) is 0 Å². The van der Waals surface area contributed by atoms with Crippen LogP contribution in [0.1, 0.15) is 0 Å². The van der Waals surface area contributed by atoms with Gasteiger partial charge in [0, 0.05) is 27.8 Å². The van der Waals surface area contributed by atoms with E-state index in [9.17, 15) is 0 Å². The average Bonchev–Trinajstić information content (AvgIpc) is 3.52. The van der Waals surface area contributed by atoms with Crippen LogP contribution in [0.25, 0.3) is 76.2 Å². The van der Waals surface area contributed by atoms with E-state index in [4.69, 9.17) is 4.42 Å². The smallest absolute Gasteiger partial charge is 0.136 e. The van der Waals surface area contributed by atoms with Crippen molar-refractivity contribution in [3.05, 3.63) is 176 Å². The first-order chi connectivity index (χ1) is 23.8. The maximum absolute atomic E-state index is 6.23. The highest BCUT2D eigenvalue weighted by molar-refractivity contribution is 6.17. The summed E-state index contributed by atoms with van der Waals surface area (Å²) in [7, 11) is 0. The molecule has 0 amide bonds. The van der Waals surface area contributed by atoms with Gasteiger partial charge in [-0.1, -0.05) is 115 Å². The summed E-state index contributed by atoms with van der Waals surface area (Å²) in [6.45, 7) is 0. The molecule has 10 aromatic rings. The molecule has 48 heavy (non-hydrogen) atoms. The quantitative estimate of drug-likeness (QED) is 0.184. The van der Waals surface area contributed by atoms with Gasteiger partial charge in [0.05, 0.1) is 0 Å². The third-order valence-corrected chi connectivity index (χ3v) is 9.78. The van der Waals surface area contributed by atoms with E-state index in [0.29, 0.717) is 0 Å². The molecule has 1 heterocycles. The first-order valence-electron chi connectivity index (χ1n) is 16.4. The van der Waals surface area contributed by atoms with Crippen LogP contribution in [0.3, 0.4) is 0 Å². The summed E-state index contributed by atoms with van der Waals surface area (Å²) in [6, 6.07) is 63.5. The number of rotatable bonds is 4. The molecule has 0 bridgehead atoms. The summed E-state index contributed by atoms with van der Waals surface area (Å²) >= 11 is 0. The van der Waals surface area contributed by atoms with E-state index < -0.39 is 0 Å². The molecule has 0 aliphatic heterocycles. The van der Waals surface area contributed by atoms with Crippen molar-refractivity contribution in [2.75, 3.05) is 4.90 Å². The highest BCUT2D eigenvalue weighted by atomic mass is 16.3. The standard InChI is InChI=1S/C46H29NO/c1-2-11-36(12-3-1)47(37-13-8-10-33(25-37)34-21-19-31-18-17-30-9-4-5-14-39(30)41(31)26-34)38-24-23-32-20-22-35-27-46-44(29-43(35)42(32)28-38)40-15-6-7-16-45(40)48-46/h1-29H. The molecule has 0 fully saturated rings. The number of benzene rings is 9. The van der Waals surface area contributed by atoms with E-state index in [1.54, 1.807) is 0 Å². The van der Waals surface area contributed by atoms with Gasteiger partial charge in [0.1, 0.15) is 11.2 Å². The van der Waals surface area contributed by atoms with Crippen molar-refractivity contribution in [1.82, 2.24) is 0 Å². The van der Waals surface area contributed by atoms with Crippen LogP contribution >= 0.6 is 0 Å². The molecule has 0 saturated heterocycles. The Morgan fingerprint density at radius 1 is 0.292 bits per heavy atom. The Morgan fingerprint density at radius 2 is 0.896 bits per heavy atom. The first kappa shape index (κ1) is 26.8. The van der Waals surface area contributed by atoms with Crippen molar-refractivity contribution in [2.24, 2.45) is 0 Å². The van der Waals surface area contributed by atoms with Crippen LogP contribution in [0.15, 0.2) is 180 Å². The molecule has 0 saturated carbocycles. The van der Waals surface area contributed by atoms with Gasteiger partial charge in [-0.05, 0) is 115 Å². The Balaban J connectivity index is 1.15. The fourth-order valence-electron chi connectivity index (χ4n) is 7.43. The lowest BCUT2D eigenvalue weighted by atomic mass is 9.96. The van der Waals surface area contributed by atoms with Crippen molar-refractivity contribution >= 4 is 82.1 Å². The lowest BCUT2D eigenvalue weighted by Gasteiger charge is -2.26. The van der Waals surface area contributed by atoms with Gasteiger partial charge in [-0.3, -0.25) is 0 Å². The molecule has 0 spiro atoms. The largest absolute Gasteiger partial charge is 0.456 e. The van der Waals surface area contributed by atoms with Crippen LogP contribution < -0.4 is 4.90 Å². The fraction of sp³-hybridized carbons (Fsp3) is 0. The van der Waals surface area contributed by atoms with E-state index in [1.807, 2.05) is 12.1 Å². The van der Waals surface area contributed by atoms with E-state index >= 15 is 0 Å². The third kappa shape index (κ3) is 4.27. The Hall–Kier alpha value is -6.38. The van der Waals surface area contributed by atoms with Crippen molar-refractivity contribution in [3.63, 3.8) is 0 Å². The number of hydrogen-bond acceptors (Lipinski definition) is 2. The average molecular weight is 612 g/mol. The van der Waals surface area contributed by atoms with Gasteiger partial charge in [0.15, 0.2) is 0 Å². The summed E-state index contributed by atoms with van der Waals surface area (Å²) in [4.78, 5) is 2.37. The highest BCUT2D eigenvalue weighted by Crippen LogP contribution is 2.41. The van der Waals surface area contributed by atoms with Crippen molar-refractivity contribution in [1.29, 1.82) is 0 Å². The molecule has 0 aliphatic rings. The molecule has 0 N–H and O–H groups in total.